The lowest BCUT2D eigenvalue weighted by Gasteiger charge is -2.36. The smallest absolute Gasteiger partial charge is 0.389 e. The minimum Gasteiger partial charge on any atom is -0.462 e. The van der Waals surface area contributed by atoms with E-state index in [0.717, 1.165) is 37.1 Å². The molecule has 29 heavy (non-hydrogen) atoms. The molecule has 160 valence electrons. The van der Waals surface area contributed by atoms with Gasteiger partial charge in [0.15, 0.2) is 0 Å². The average Bonchev–Trinajstić information content (AvgIpc) is 2.96. The van der Waals surface area contributed by atoms with E-state index in [1.807, 2.05) is 13.0 Å². The van der Waals surface area contributed by atoms with Crippen molar-refractivity contribution in [2.24, 2.45) is 0 Å². The van der Waals surface area contributed by atoms with Crippen molar-refractivity contribution < 1.29 is 22.7 Å². The highest BCUT2D eigenvalue weighted by Crippen LogP contribution is 2.29. The maximum atomic E-state index is 12.7. The number of nitrogens with zero attached hydrogens (tertiary/aromatic N) is 3. The minimum atomic E-state index is -4.12. The number of carbonyl (C=O) groups excluding carboxylic acids is 1. The van der Waals surface area contributed by atoms with E-state index in [9.17, 15) is 18.0 Å². The molecule has 0 aromatic carbocycles. The van der Waals surface area contributed by atoms with Crippen LogP contribution in [0.2, 0.25) is 0 Å². The third-order valence-electron chi connectivity index (χ3n) is 5.70. The van der Waals surface area contributed by atoms with Crippen LogP contribution in [0.15, 0.2) is 18.3 Å². The van der Waals surface area contributed by atoms with Gasteiger partial charge in [0.1, 0.15) is 0 Å². The molecule has 1 aliphatic heterocycles. The van der Waals surface area contributed by atoms with Crippen molar-refractivity contribution in [3.8, 4) is 0 Å². The third kappa shape index (κ3) is 5.10. The highest BCUT2D eigenvalue weighted by atomic mass is 19.4. The standard InChI is InChI=1S/C21H28F3N3O2/c1-3-29-20(28)19-15(2)17(27-18(19)8-6-12-25-27)10-14-26-13-5-4-7-16(26)9-11-21(22,23)24/h6,8,12,16H,3-5,7,9-11,13-14H2,1-2H3. The van der Waals surface area contributed by atoms with Crippen molar-refractivity contribution in [3.05, 3.63) is 35.2 Å². The van der Waals surface area contributed by atoms with Gasteiger partial charge in [-0.1, -0.05) is 6.42 Å². The second-order valence-electron chi connectivity index (χ2n) is 7.58. The highest BCUT2D eigenvalue weighted by Gasteiger charge is 2.31. The summed E-state index contributed by atoms with van der Waals surface area (Å²) < 4.78 is 45.0. The van der Waals surface area contributed by atoms with Gasteiger partial charge in [0, 0.05) is 37.3 Å². The number of piperidine rings is 1. The topological polar surface area (TPSA) is 46.8 Å². The second kappa shape index (κ2) is 9.15. The van der Waals surface area contributed by atoms with Crippen LogP contribution in [0.25, 0.3) is 5.52 Å². The summed E-state index contributed by atoms with van der Waals surface area (Å²) in [6, 6.07) is 3.57. The summed E-state index contributed by atoms with van der Waals surface area (Å²) in [4.78, 5) is 14.6. The number of fused-ring (bicyclic) bond motifs is 1. The Morgan fingerprint density at radius 1 is 1.34 bits per heavy atom. The minimum absolute atomic E-state index is 0.0469. The highest BCUT2D eigenvalue weighted by molar-refractivity contribution is 5.99. The summed E-state index contributed by atoms with van der Waals surface area (Å²) in [5, 5.41) is 4.40. The SMILES string of the molecule is CCOC(=O)c1c(C)c(CCN2CCCCC2CCC(F)(F)F)n2ncccc12. The zero-order chi connectivity index (χ0) is 21.0. The van der Waals surface area contributed by atoms with Crippen LogP contribution in [0.1, 0.15) is 60.6 Å². The molecule has 8 heteroatoms. The number of halogens is 3. The molecule has 0 bridgehead atoms. The molecule has 1 fully saturated rings. The first-order valence-electron chi connectivity index (χ1n) is 10.2. The van der Waals surface area contributed by atoms with E-state index >= 15 is 0 Å². The van der Waals surface area contributed by atoms with E-state index in [4.69, 9.17) is 4.74 Å². The zero-order valence-corrected chi connectivity index (χ0v) is 17.0. The van der Waals surface area contributed by atoms with E-state index in [2.05, 4.69) is 10.00 Å². The molecule has 3 heterocycles. The maximum Gasteiger partial charge on any atom is 0.389 e. The van der Waals surface area contributed by atoms with Gasteiger partial charge in [0.25, 0.3) is 0 Å². The molecule has 2 aromatic rings. The number of rotatable bonds is 7. The molecule has 1 unspecified atom stereocenters. The van der Waals surface area contributed by atoms with E-state index in [-0.39, 0.29) is 18.4 Å². The lowest BCUT2D eigenvalue weighted by molar-refractivity contribution is -0.139. The molecule has 0 radical (unpaired) electrons. The number of esters is 1. The number of likely N-dealkylation sites (tertiary alicyclic amines) is 1. The predicted molar refractivity (Wildman–Crippen MR) is 104 cm³/mol. The van der Waals surface area contributed by atoms with Crippen LogP contribution in [-0.4, -0.2) is 52.4 Å². The first-order valence-corrected chi connectivity index (χ1v) is 10.2. The summed E-state index contributed by atoms with van der Waals surface area (Å²) in [7, 11) is 0. The molecular weight excluding hydrogens is 383 g/mol. The lowest BCUT2D eigenvalue weighted by Crippen LogP contribution is -2.41. The Hall–Kier alpha value is -2.09. The number of carbonyl (C=O) groups is 1. The van der Waals surface area contributed by atoms with Gasteiger partial charge in [-0.15, -0.1) is 0 Å². The van der Waals surface area contributed by atoms with Crippen LogP contribution in [0.4, 0.5) is 13.2 Å². The molecule has 2 aromatic heterocycles. The molecule has 0 spiro atoms. The van der Waals surface area contributed by atoms with Gasteiger partial charge in [-0.25, -0.2) is 9.31 Å². The monoisotopic (exact) mass is 411 g/mol. The Labute approximate surface area is 168 Å². The summed E-state index contributed by atoms with van der Waals surface area (Å²) in [6.45, 7) is 5.40. The van der Waals surface area contributed by atoms with Crippen LogP contribution in [0.5, 0.6) is 0 Å². The molecule has 5 nitrogen and oxygen atoms in total. The van der Waals surface area contributed by atoms with Crippen molar-refractivity contribution in [3.63, 3.8) is 0 Å². The number of ether oxygens (including phenoxy) is 1. The molecule has 0 N–H and O–H groups in total. The molecule has 3 rings (SSSR count). The van der Waals surface area contributed by atoms with Crippen LogP contribution in [-0.2, 0) is 11.2 Å². The largest absolute Gasteiger partial charge is 0.462 e. The van der Waals surface area contributed by atoms with Crippen molar-refractivity contribution in [1.29, 1.82) is 0 Å². The Morgan fingerprint density at radius 3 is 2.86 bits per heavy atom. The van der Waals surface area contributed by atoms with Gasteiger partial charge in [0.05, 0.1) is 17.7 Å². The van der Waals surface area contributed by atoms with Gasteiger partial charge >= 0.3 is 12.1 Å². The molecule has 0 saturated carbocycles. The van der Waals surface area contributed by atoms with Gasteiger partial charge in [0.2, 0.25) is 0 Å². The van der Waals surface area contributed by atoms with Crippen molar-refractivity contribution in [1.82, 2.24) is 14.5 Å². The molecule has 0 aliphatic carbocycles. The van der Waals surface area contributed by atoms with Crippen LogP contribution < -0.4 is 0 Å². The summed E-state index contributed by atoms with van der Waals surface area (Å²) in [5.41, 5.74) is 2.95. The van der Waals surface area contributed by atoms with Crippen LogP contribution in [0.3, 0.4) is 0 Å². The number of hydrogen-bond acceptors (Lipinski definition) is 4. The first-order chi connectivity index (χ1) is 13.8. The molecular formula is C21H28F3N3O2. The van der Waals surface area contributed by atoms with E-state index in [1.54, 1.807) is 23.7 Å². The van der Waals surface area contributed by atoms with Gasteiger partial charge in [-0.05, 0) is 57.4 Å². The Morgan fingerprint density at radius 2 is 2.14 bits per heavy atom. The van der Waals surface area contributed by atoms with Gasteiger partial charge in [-0.2, -0.15) is 18.3 Å². The molecule has 0 amide bonds. The van der Waals surface area contributed by atoms with Crippen molar-refractivity contribution >= 4 is 11.5 Å². The first kappa shape index (κ1) is 21.6. The molecule has 1 aliphatic rings. The van der Waals surface area contributed by atoms with E-state index < -0.39 is 12.6 Å². The Bertz CT molecular complexity index is 848. The third-order valence-corrected chi connectivity index (χ3v) is 5.70. The van der Waals surface area contributed by atoms with E-state index in [0.29, 0.717) is 30.7 Å². The number of hydrogen-bond donors (Lipinski definition) is 0. The fourth-order valence-corrected chi connectivity index (χ4v) is 4.29. The zero-order valence-electron chi connectivity index (χ0n) is 17.0. The summed E-state index contributed by atoms with van der Waals surface area (Å²) >= 11 is 0. The van der Waals surface area contributed by atoms with Gasteiger partial charge in [-0.3, -0.25) is 4.90 Å². The summed E-state index contributed by atoms with van der Waals surface area (Å²) in [6.07, 6.45) is 0.346. The van der Waals surface area contributed by atoms with E-state index in [1.165, 1.54) is 0 Å². The fourth-order valence-electron chi connectivity index (χ4n) is 4.29. The second-order valence-corrected chi connectivity index (χ2v) is 7.58. The maximum absolute atomic E-state index is 12.7. The fraction of sp³-hybridized carbons (Fsp3) is 0.619. The van der Waals surface area contributed by atoms with Crippen molar-refractivity contribution in [2.75, 3.05) is 19.7 Å². The number of aromatic nitrogens is 2. The Balaban J connectivity index is 1.79. The normalized spacial score (nSPS) is 18.3. The lowest BCUT2D eigenvalue weighted by atomic mass is 9.97. The number of alkyl halides is 3. The average molecular weight is 411 g/mol. The molecule has 1 saturated heterocycles. The summed E-state index contributed by atoms with van der Waals surface area (Å²) in [5.74, 6) is -0.372. The van der Waals surface area contributed by atoms with Gasteiger partial charge < -0.3 is 4.74 Å². The molecule has 1 atom stereocenters. The van der Waals surface area contributed by atoms with Crippen LogP contribution >= 0.6 is 0 Å². The van der Waals surface area contributed by atoms with Crippen LogP contribution in [0, 0.1) is 6.92 Å². The predicted octanol–water partition coefficient (Wildman–Crippen LogP) is 4.56. The Kier molecular flexibility index (Phi) is 6.82. The van der Waals surface area contributed by atoms with Crippen molar-refractivity contribution in [2.45, 2.75) is 64.6 Å². The quantitative estimate of drug-likeness (QED) is 0.627.